The third-order valence-corrected chi connectivity index (χ3v) is 4.44. The van der Waals surface area contributed by atoms with Crippen LogP contribution in [0, 0.1) is 5.92 Å². The molecule has 58 valence electrons. The van der Waals surface area contributed by atoms with Crippen molar-refractivity contribution in [3.05, 3.63) is 0 Å². The van der Waals surface area contributed by atoms with Crippen LogP contribution in [0.3, 0.4) is 0 Å². The van der Waals surface area contributed by atoms with Crippen LogP contribution in [-0.4, -0.2) is 35.5 Å². The summed E-state index contributed by atoms with van der Waals surface area (Å²) < 4.78 is 0. The molecule has 2 aliphatic rings. The van der Waals surface area contributed by atoms with Crippen LogP contribution < -0.4 is 0 Å². The number of nitrogens with zero attached hydrogens (tertiary/aromatic N) is 1. The SMILES string of the molecule is CC1C2CCSC2CN1C. The van der Waals surface area contributed by atoms with Gasteiger partial charge in [0.15, 0.2) is 0 Å². The first kappa shape index (κ1) is 6.99. The summed E-state index contributed by atoms with van der Waals surface area (Å²) in [7, 11) is 2.25. The van der Waals surface area contributed by atoms with E-state index in [1.165, 1.54) is 18.7 Å². The average Bonchev–Trinajstić information content (AvgIpc) is 2.41. The average molecular weight is 157 g/mol. The van der Waals surface area contributed by atoms with Crippen LogP contribution in [0.1, 0.15) is 13.3 Å². The van der Waals surface area contributed by atoms with Gasteiger partial charge in [-0.1, -0.05) is 0 Å². The van der Waals surface area contributed by atoms with Crippen LogP contribution in [-0.2, 0) is 0 Å². The zero-order valence-corrected chi connectivity index (χ0v) is 7.53. The van der Waals surface area contributed by atoms with Crippen molar-refractivity contribution in [3.8, 4) is 0 Å². The Morgan fingerprint density at radius 3 is 3.00 bits per heavy atom. The van der Waals surface area contributed by atoms with Crippen LogP contribution in [0.2, 0.25) is 0 Å². The van der Waals surface area contributed by atoms with E-state index in [1.807, 2.05) is 0 Å². The molecule has 2 rings (SSSR count). The first-order valence-electron chi connectivity index (χ1n) is 4.11. The normalized spacial score (nSPS) is 48.0. The topological polar surface area (TPSA) is 3.24 Å². The van der Waals surface area contributed by atoms with Gasteiger partial charge in [0.2, 0.25) is 0 Å². The van der Waals surface area contributed by atoms with E-state index in [9.17, 15) is 0 Å². The third kappa shape index (κ3) is 0.892. The molecule has 0 amide bonds. The predicted molar refractivity (Wildman–Crippen MR) is 46.4 cm³/mol. The molecule has 0 aromatic carbocycles. The molecule has 2 fully saturated rings. The van der Waals surface area contributed by atoms with Crippen molar-refractivity contribution < 1.29 is 0 Å². The molecule has 0 bridgehead atoms. The fraction of sp³-hybridized carbons (Fsp3) is 1.00. The lowest BCUT2D eigenvalue weighted by Gasteiger charge is -2.17. The highest BCUT2D eigenvalue weighted by molar-refractivity contribution is 8.00. The molecule has 0 aromatic heterocycles. The fourth-order valence-electron chi connectivity index (χ4n) is 2.18. The van der Waals surface area contributed by atoms with Crippen molar-refractivity contribution in [1.82, 2.24) is 4.90 Å². The van der Waals surface area contributed by atoms with Crippen molar-refractivity contribution in [2.75, 3.05) is 19.3 Å². The predicted octanol–water partition coefficient (Wildman–Crippen LogP) is 1.44. The molecule has 0 N–H and O–H groups in total. The van der Waals surface area contributed by atoms with E-state index >= 15 is 0 Å². The molecule has 2 saturated heterocycles. The molecule has 3 atom stereocenters. The maximum atomic E-state index is 2.50. The van der Waals surface area contributed by atoms with Crippen LogP contribution in [0.25, 0.3) is 0 Å². The molecule has 2 heteroatoms. The quantitative estimate of drug-likeness (QED) is 0.523. The van der Waals surface area contributed by atoms with Crippen molar-refractivity contribution >= 4 is 11.8 Å². The van der Waals surface area contributed by atoms with E-state index in [0.717, 1.165) is 17.2 Å². The summed E-state index contributed by atoms with van der Waals surface area (Å²) in [6.45, 7) is 3.70. The minimum absolute atomic E-state index is 0.847. The molecule has 0 saturated carbocycles. The number of likely N-dealkylation sites (tertiary alicyclic amines) is 1. The van der Waals surface area contributed by atoms with Crippen molar-refractivity contribution in [2.45, 2.75) is 24.6 Å². The summed E-state index contributed by atoms with van der Waals surface area (Å²) in [4.78, 5) is 2.50. The minimum Gasteiger partial charge on any atom is -0.302 e. The smallest absolute Gasteiger partial charge is 0.0218 e. The maximum Gasteiger partial charge on any atom is 0.0218 e. The summed E-state index contributed by atoms with van der Waals surface area (Å²) in [6, 6.07) is 0.847. The number of thioether (sulfide) groups is 1. The highest BCUT2D eigenvalue weighted by Gasteiger charge is 2.40. The lowest BCUT2D eigenvalue weighted by Crippen LogP contribution is -2.25. The first-order chi connectivity index (χ1) is 4.79. The van der Waals surface area contributed by atoms with Gasteiger partial charge >= 0.3 is 0 Å². The van der Waals surface area contributed by atoms with E-state index in [4.69, 9.17) is 0 Å². The fourth-order valence-corrected chi connectivity index (χ4v) is 3.84. The second-order valence-corrected chi connectivity index (χ2v) is 4.89. The van der Waals surface area contributed by atoms with Crippen LogP contribution in [0.5, 0.6) is 0 Å². The molecular weight excluding hydrogens is 142 g/mol. The second kappa shape index (κ2) is 2.42. The Hall–Kier alpha value is 0.310. The summed E-state index contributed by atoms with van der Waals surface area (Å²) in [5.41, 5.74) is 0. The number of hydrogen-bond donors (Lipinski definition) is 0. The molecule has 0 spiro atoms. The Kier molecular flexibility index (Phi) is 1.69. The van der Waals surface area contributed by atoms with Gasteiger partial charge in [0, 0.05) is 17.8 Å². The number of hydrogen-bond acceptors (Lipinski definition) is 2. The maximum absolute atomic E-state index is 2.50. The lowest BCUT2D eigenvalue weighted by atomic mass is 9.99. The van der Waals surface area contributed by atoms with E-state index in [1.54, 1.807) is 0 Å². The van der Waals surface area contributed by atoms with E-state index in [-0.39, 0.29) is 0 Å². The van der Waals surface area contributed by atoms with Gasteiger partial charge in [0.1, 0.15) is 0 Å². The van der Waals surface area contributed by atoms with Gasteiger partial charge in [-0.3, -0.25) is 0 Å². The van der Waals surface area contributed by atoms with Crippen molar-refractivity contribution in [1.29, 1.82) is 0 Å². The summed E-state index contributed by atoms with van der Waals surface area (Å²) >= 11 is 2.18. The van der Waals surface area contributed by atoms with Crippen molar-refractivity contribution in [2.24, 2.45) is 5.92 Å². The molecular formula is C8H15NS. The van der Waals surface area contributed by atoms with Crippen LogP contribution in [0.4, 0.5) is 0 Å². The monoisotopic (exact) mass is 157 g/mol. The van der Waals surface area contributed by atoms with Gasteiger partial charge in [-0.05, 0) is 32.1 Å². The van der Waals surface area contributed by atoms with Crippen molar-refractivity contribution in [3.63, 3.8) is 0 Å². The Balaban J connectivity index is 2.09. The zero-order chi connectivity index (χ0) is 7.14. The van der Waals surface area contributed by atoms with Gasteiger partial charge < -0.3 is 4.90 Å². The Morgan fingerprint density at radius 1 is 1.50 bits per heavy atom. The van der Waals surface area contributed by atoms with Gasteiger partial charge in [0.05, 0.1) is 0 Å². The molecule has 0 aliphatic carbocycles. The molecule has 2 heterocycles. The largest absolute Gasteiger partial charge is 0.302 e. The number of fused-ring (bicyclic) bond motifs is 1. The minimum atomic E-state index is 0.847. The second-order valence-electron chi connectivity index (χ2n) is 3.54. The molecule has 0 radical (unpaired) electrons. The van der Waals surface area contributed by atoms with Crippen LogP contribution >= 0.6 is 11.8 Å². The lowest BCUT2D eigenvalue weighted by molar-refractivity contribution is 0.290. The first-order valence-corrected chi connectivity index (χ1v) is 5.16. The molecule has 0 aromatic rings. The third-order valence-electron chi connectivity index (χ3n) is 3.04. The van der Waals surface area contributed by atoms with E-state index in [0.29, 0.717) is 0 Å². The van der Waals surface area contributed by atoms with Gasteiger partial charge in [-0.25, -0.2) is 0 Å². The number of rotatable bonds is 0. The molecule has 10 heavy (non-hydrogen) atoms. The highest BCUT2D eigenvalue weighted by atomic mass is 32.2. The standard InChI is InChI=1S/C8H15NS/c1-6-7-3-4-10-8(7)5-9(6)2/h6-8H,3-5H2,1-2H3. The van der Waals surface area contributed by atoms with Gasteiger partial charge in [0.25, 0.3) is 0 Å². The summed E-state index contributed by atoms with van der Waals surface area (Å²) in [5, 5.41) is 0.972. The van der Waals surface area contributed by atoms with E-state index in [2.05, 4.69) is 30.6 Å². The molecule has 1 nitrogen and oxygen atoms in total. The van der Waals surface area contributed by atoms with E-state index < -0.39 is 0 Å². The highest BCUT2D eigenvalue weighted by Crippen LogP contribution is 2.40. The summed E-state index contributed by atoms with van der Waals surface area (Å²) in [6.07, 6.45) is 1.46. The Bertz CT molecular complexity index is 135. The van der Waals surface area contributed by atoms with Gasteiger partial charge in [-0.15, -0.1) is 0 Å². The zero-order valence-electron chi connectivity index (χ0n) is 6.71. The van der Waals surface area contributed by atoms with Crippen LogP contribution in [0.15, 0.2) is 0 Å². The molecule has 3 unspecified atom stereocenters. The summed E-state index contributed by atoms with van der Waals surface area (Å²) in [5.74, 6) is 2.42. The Labute approximate surface area is 67.2 Å². The molecule has 2 aliphatic heterocycles. The van der Waals surface area contributed by atoms with Gasteiger partial charge in [-0.2, -0.15) is 11.8 Å². The Morgan fingerprint density at radius 2 is 2.30 bits per heavy atom.